The predicted molar refractivity (Wildman–Crippen MR) is 135 cm³/mol. The molecule has 7 nitrogen and oxygen atoms in total. The van der Waals surface area contributed by atoms with Crippen molar-refractivity contribution in [2.75, 3.05) is 5.32 Å². The smallest absolute Gasteiger partial charge is 0.305 e. The molecule has 4 aromatic rings. The second kappa shape index (κ2) is 10.8. The molecule has 0 saturated carbocycles. The molecule has 0 aliphatic rings. The van der Waals surface area contributed by atoms with E-state index in [1.165, 1.54) is 0 Å². The van der Waals surface area contributed by atoms with Crippen LogP contribution in [0, 0.1) is 13.7 Å². The average molecular weight is 553 g/mol. The molecule has 0 unspecified atom stereocenters. The number of pyridine rings is 1. The third-order valence-corrected chi connectivity index (χ3v) is 5.59. The number of halogens is 1. The quantitative estimate of drug-likeness (QED) is 0.145. The fraction of sp³-hybridized carbons (Fsp3) is 0.0800. The molecule has 0 aliphatic heterocycles. The number of para-hydroxylation sites is 1. The SMILES string of the molecule is O=[N+]([O-])c1c(I)cccc1Nc1ccc(OCc2ccccc2)nc1OCc1ccccc1. The number of hydrogen-bond donors (Lipinski definition) is 1. The van der Waals surface area contributed by atoms with E-state index in [4.69, 9.17) is 9.47 Å². The first-order valence-corrected chi connectivity index (χ1v) is 11.2. The van der Waals surface area contributed by atoms with Gasteiger partial charge >= 0.3 is 5.69 Å². The van der Waals surface area contributed by atoms with Crippen LogP contribution in [0.25, 0.3) is 0 Å². The minimum atomic E-state index is -0.403. The van der Waals surface area contributed by atoms with Crippen molar-refractivity contribution in [2.45, 2.75) is 13.2 Å². The highest BCUT2D eigenvalue weighted by Crippen LogP contribution is 2.35. The number of anilines is 2. The molecule has 0 aliphatic carbocycles. The van der Waals surface area contributed by atoms with Gasteiger partial charge in [-0.15, -0.1) is 0 Å². The lowest BCUT2D eigenvalue weighted by Crippen LogP contribution is -2.05. The summed E-state index contributed by atoms with van der Waals surface area (Å²) in [4.78, 5) is 15.7. The van der Waals surface area contributed by atoms with Crippen LogP contribution in [0.3, 0.4) is 0 Å². The lowest BCUT2D eigenvalue weighted by atomic mass is 10.2. The highest BCUT2D eigenvalue weighted by Gasteiger charge is 2.20. The van der Waals surface area contributed by atoms with Gasteiger partial charge in [0.25, 0.3) is 0 Å². The zero-order chi connectivity index (χ0) is 23.0. The van der Waals surface area contributed by atoms with Crippen LogP contribution in [0.15, 0.2) is 91.0 Å². The van der Waals surface area contributed by atoms with Crippen molar-refractivity contribution >= 4 is 39.7 Å². The number of benzene rings is 3. The maximum absolute atomic E-state index is 11.6. The molecule has 0 saturated heterocycles. The summed E-state index contributed by atoms with van der Waals surface area (Å²) in [6, 6.07) is 28.0. The van der Waals surface area contributed by atoms with Gasteiger partial charge in [-0.25, -0.2) is 0 Å². The highest BCUT2D eigenvalue weighted by molar-refractivity contribution is 14.1. The first-order valence-electron chi connectivity index (χ1n) is 10.1. The lowest BCUT2D eigenvalue weighted by Gasteiger charge is -2.15. The second-order valence-electron chi connectivity index (χ2n) is 7.07. The summed E-state index contributed by atoms with van der Waals surface area (Å²) in [5.41, 5.74) is 2.85. The maximum Gasteiger partial charge on any atom is 0.305 e. The standard InChI is InChI=1S/C25H20IN3O4/c26-20-12-7-13-21(24(20)29(30)31)27-22-14-15-23(32-16-18-8-3-1-4-9-18)28-25(22)33-17-19-10-5-2-6-11-19/h1-15,27H,16-17H2. The summed E-state index contributed by atoms with van der Waals surface area (Å²) in [5.74, 6) is 0.683. The van der Waals surface area contributed by atoms with E-state index in [-0.39, 0.29) is 11.6 Å². The molecule has 1 heterocycles. The van der Waals surface area contributed by atoms with E-state index in [2.05, 4.69) is 10.3 Å². The molecule has 33 heavy (non-hydrogen) atoms. The number of nitro groups is 1. The molecular formula is C25H20IN3O4. The first kappa shape index (κ1) is 22.5. The molecule has 1 N–H and O–H groups in total. The van der Waals surface area contributed by atoms with Gasteiger partial charge in [0.2, 0.25) is 11.8 Å². The molecule has 0 atom stereocenters. The summed E-state index contributed by atoms with van der Waals surface area (Å²) in [6.07, 6.45) is 0. The zero-order valence-electron chi connectivity index (χ0n) is 17.5. The van der Waals surface area contributed by atoms with Crippen molar-refractivity contribution in [1.29, 1.82) is 0 Å². The molecule has 0 amide bonds. The van der Waals surface area contributed by atoms with Crippen LogP contribution in [0.1, 0.15) is 11.1 Å². The van der Waals surface area contributed by atoms with E-state index >= 15 is 0 Å². The molecule has 0 spiro atoms. The number of rotatable bonds is 9. The van der Waals surface area contributed by atoms with Crippen molar-refractivity contribution in [3.63, 3.8) is 0 Å². The Labute approximate surface area is 204 Å². The Hall–Kier alpha value is -3.66. The Morgan fingerprint density at radius 1 is 0.788 bits per heavy atom. The van der Waals surface area contributed by atoms with Gasteiger partial charge in [-0.05, 0) is 51.9 Å². The van der Waals surface area contributed by atoms with Crippen LogP contribution in [0.5, 0.6) is 11.8 Å². The van der Waals surface area contributed by atoms with Crippen molar-refractivity contribution in [1.82, 2.24) is 4.98 Å². The van der Waals surface area contributed by atoms with Crippen molar-refractivity contribution < 1.29 is 14.4 Å². The van der Waals surface area contributed by atoms with Gasteiger partial charge in [-0.1, -0.05) is 66.7 Å². The Bertz CT molecular complexity index is 1240. The van der Waals surface area contributed by atoms with E-state index in [0.29, 0.717) is 34.0 Å². The number of nitrogens with one attached hydrogen (secondary N) is 1. The Balaban J connectivity index is 1.61. The van der Waals surface area contributed by atoms with Gasteiger partial charge in [0.1, 0.15) is 24.6 Å². The normalized spacial score (nSPS) is 10.5. The number of hydrogen-bond acceptors (Lipinski definition) is 6. The number of aromatic nitrogens is 1. The highest BCUT2D eigenvalue weighted by atomic mass is 127. The third-order valence-electron chi connectivity index (χ3n) is 4.72. The van der Waals surface area contributed by atoms with E-state index in [1.807, 2.05) is 83.3 Å². The Kier molecular flexibility index (Phi) is 7.36. The van der Waals surface area contributed by atoms with Crippen LogP contribution in [0.2, 0.25) is 0 Å². The van der Waals surface area contributed by atoms with Crippen LogP contribution in [0.4, 0.5) is 17.1 Å². The summed E-state index contributed by atoms with van der Waals surface area (Å²) < 4.78 is 12.4. The molecule has 8 heteroatoms. The largest absolute Gasteiger partial charge is 0.473 e. The van der Waals surface area contributed by atoms with Crippen molar-refractivity contribution in [3.8, 4) is 11.8 Å². The molecule has 0 radical (unpaired) electrons. The fourth-order valence-corrected chi connectivity index (χ4v) is 3.81. The van der Waals surface area contributed by atoms with Crippen molar-refractivity contribution in [3.05, 3.63) is 116 Å². The monoisotopic (exact) mass is 553 g/mol. The molecule has 3 aromatic carbocycles. The van der Waals surface area contributed by atoms with Gasteiger partial charge < -0.3 is 14.8 Å². The zero-order valence-corrected chi connectivity index (χ0v) is 19.6. The number of nitrogens with zero attached hydrogens (tertiary/aromatic N) is 2. The third kappa shape index (κ3) is 5.98. The van der Waals surface area contributed by atoms with Crippen LogP contribution >= 0.6 is 22.6 Å². The minimum Gasteiger partial charge on any atom is -0.473 e. The van der Waals surface area contributed by atoms with E-state index in [0.717, 1.165) is 11.1 Å². The van der Waals surface area contributed by atoms with Crippen LogP contribution < -0.4 is 14.8 Å². The summed E-state index contributed by atoms with van der Waals surface area (Å²) in [6.45, 7) is 0.653. The van der Waals surface area contributed by atoms with E-state index in [1.54, 1.807) is 30.3 Å². The van der Waals surface area contributed by atoms with Gasteiger partial charge in [0.05, 0.1) is 8.49 Å². The number of nitro benzene ring substituents is 1. The van der Waals surface area contributed by atoms with Crippen molar-refractivity contribution in [2.24, 2.45) is 0 Å². The molecule has 4 rings (SSSR count). The van der Waals surface area contributed by atoms with E-state index in [9.17, 15) is 10.1 Å². The molecule has 1 aromatic heterocycles. The average Bonchev–Trinajstić information content (AvgIpc) is 2.83. The predicted octanol–water partition coefficient (Wildman–Crippen LogP) is 6.50. The number of ether oxygens (including phenoxy) is 2. The topological polar surface area (TPSA) is 86.5 Å². The minimum absolute atomic E-state index is 0.00323. The summed E-state index contributed by atoms with van der Waals surface area (Å²) in [7, 11) is 0. The molecule has 0 bridgehead atoms. The van der Waals surface area contributed by atoms with Gasteiger partial charge in [-0.3, -0.25) is 10.1 Å². The Morgan fingerprint density at radius 2 is 1.42 bits per heavy atom. The molecule has 0 fully saturated rings. The molecule has 166 valence electrons. The van der Waals surface area contributed by atoms with Gasteiger partial charge in [0.15, 0.2) is 0 Å². The fourth-order valence-electron chi connectivity index (χ4n) is 3.11. The summed E-state index contributed by atoms with van der Waals surface area (Å²) in [5, 5.41) is 14.7. The summed E-state index contributed by atoms with van der Waals surface area (Å²) >= 11 is 1.95. The van der Waals surface area contributed by atoms with Crippen LogP contribution in [-0.4, -0.2) is 9.91 Å². The first-order chi connectivity index (χ1) is 16.1. The maximum atomic E-state index is 11.6. The van der Waals surface area contributed by atoms with E-state index < -0.39 is 4.92 Å². The second-order valence-corrected chi connectivity index (χ2v) is 8.23. The molecular weight excluding hydrogens is 533 g/mol. The Morgan fingerprint density at radius 3 is 2.06 bits per heavy atom. The van der Waals surface area contributed by atoms with Gasteiger partial charge in [0, 0.05) is 6.07 Å². The van der Waals surface area contributed by atoms with Gasteiger partial charge in [-0.2, -0.15) is 4.98 Å². The van der Waals surface area contributed by atoms with Crippen LogP contribution in [-0.2, 0) is 13.2 Å². The lowest BCUT2D eigenvalue weighted by molar-refractivity contribution is -0.384.